The number of anilines is 1. The zero-order valence-corrected chi connectivity index (χ0v) is 24.0. The normalized spacial score (nSPS) is 15.3. The van der Waals surface area contributed by atoms with Crippen molar-refractivity contribution in [1.82, 2.24) is 20.0 Å². The molecule has 0 aliphatic carbocycles. The molecule has 0 saturated carbocycles. The number of hydrogen-bond acceptors (Lipinski definition) is 7. The van der Waals surface area contributed by atoms with Crippen LogP contribution >= 0.6 is 0 Å². The van der Waals surface area contributed by atoms with Gasteiger partial charge in [0, 0.05) is 31.7 Å². The van der Waals surface area contributed by atoms with Gasteiger partial charge in [-0.15, -0.1) is 0 Å². The van der Waals surface area contributed by atoms with Gasteiger partial charge in [-0.25, -0.2) is 9.48 Å². The minimum absolute atomic E-state index is 0.0845. The fraction of sp³-hybridized carbons (Fsp3) is 0.400. The minimum atomic E-state index is -0.670. The number of nitrogen functional groups attached to an aromatic ring is 1. The van der Waals surface area contributed by atoms with Gasteiger partial charge in [-0.1, -0.05) is 36.4 Å². The molecule has 0 spiro atoms. The zero-order valence-electron chi connectivity index (χ0n) is 24.0. The van der Waals surface area contributed by atoms with E-state index >= 15 is 0 Å². The molecule has 1 aliphatic rings. The molecule has 3 aromatic rings. The zero-order chi connectivity index (χ0) is 29.7. The predicted molar refractivity (Wildman–Crippen MR) is 155 cm³/mol. The molecule has 2 aromatic carbocycles. The van der Waals surface area contributed by atoms with Crippen molar-refractivity contribution < 1.29 is 23.9 Å². The lowest BCUT2D eigenvalue weighted by atomic mass is 9.98. The van der Waals surface area contributed by atoms with Crippen LogP contribution in [0.4, 0.5) is 10.6 Å². The number of nitrogens with two attached hydrogens (primary N) is 2. The van der Waals surface area contributed by atoms with Crippen LogP contribution in [-0.4, -0.2) is 58.4 Å². The Kier molecular flexibility index (Phi) is 8.85. The topological polar surface area (TPSA) is 155 Å². The van der Waals surface area contributed by atoms with Crippen LogP contribution in [0.25, 0.3) is 11.3 Å². The Bertz CT molecular complexity index is 1410. The molecule has 0 bridgehead atoms. The van der Waals surface area contributed by atoms with Gasteiger partial charge in [-0.05, 0) is 57.2 Å². The quantitative estimate of drug-likeness (QED) is 0.377. The van der Waals surface area contributed by atoms with Gasteiger partial charge in [0.2, 0.25) is 0 Å². The summed E-state index contributed by atoms with van der Waals surface area (Å²) in [5.74, 6) is -0.146. The first kappa shape index (κ1) is 29.4. The molecule has 11 nitrogen and oxygen atoms in total. The second kappa shape index (κ2) is 12.3. The van der Waals surface area contributed by atoms with Crippen LogP contribution in [0.1, 0.15) is 59.9 Å². The lowest BCUT2D eigenvalue weighted by Gasteiger charge is -2.34. The Morgan fingerprint density at radius 1 is 1.10 bits per heavy atom. The number of para-hydroxylation sites is 1. The number of nitrogens with zero attached hydrogens (tertiary/aromatic N) is 3. The van der Waals surface area contributed by atoms with Crippen molar-refractivity contribution in [2.75, 3.05) is 25.9 Å². The molecular formula is C30H38N6O5. The van der Waals surface area contributed by atoms with Gasteiger partial charge in [0.1, 0.15) is 28.4 Å². The van der Waals surface area contributed by atoms with Crippen molar-refractivity contribution in [3.63, 3.8) is 0 Å². The third-order valence-electron chi connectivity index (χ3n) is 6.87. The van der Waals surface area contributed by atoms with Crippen molar-refractivity contribution in [2.24, 2.45) is 11.7 Å². The largest absolute Gasteiger partial charge is 0.496 e. The molecule has 0 radical (unpaired) electrons. The van der Waals surface area contributed by atoms with Crippen LogP contribution in [0.15, 0.2) is 48.5 Å². The van der Waals surface area contributed by atoms with E-state index in [9.17, 15) is 14.4 Å². The molecule has 1 fully saturated rings. The van der Waals surface area contributed by atoms with Crippen LogP contribution < -0.4 is 21.5 Å². The van der Waals surface area contributed by atoms with Gasteiger partial charge in [-0.3, -0.25) is 9.59 Å². The highest BCUT2D eigenvalue weighted by atomic mass is 16.6. The van der Waals surface area contributed by atoms with E-state index in [-0.39, 0.29) is 29.3 Å². The molecule has 0 unspecified atom stereocenters. The number of primary amides is 1. The fourth-order valence-corrected chi connectivity index (χ4v) is 4.90. The molecule has 1 aromatic heterocycles. The third-order valence-corrected chi connectivity index (χ3v) is 6.87. The molecule has 2 heterocycles. The van der Waals surface area contributed by atoms with Crippen LogP contribution in [0.5, 0.6) is 5.75 Å². The summed E-state index contributed by atoms with van der Waals surface area (Å²) >= 11 is 0. The lowest BCUT2D eigenvalue weighted by Crippen LogP contribution is -2.43. The van der Waals surface area contributed by atoms with Crippen LogP contribution in [-0.2, 0) is 17.8 Å². The highest BCUT2D eigenvalue weighted by Crippen LogP contribution is 2.29. The molecule has 1 atom stereocenters. The summed E-state index contributed by atoms with van der Waals surface area (Å²) in [5, 5.41) is 7.55. The number of carbonyl (C=O) groups is 3. The summed E-state index contributed by atoms with van der Waals surface area (Å²) < 4.78 is 12.4. The molecule has 41 heavy (non-hydrogen) atoms. The Hall–Kier alpha value is -4.54. The molecule has 5 N–H and O–H groups in total. The van der Waals surface area contributed by atoms with Gasteiger partial charge < -0.3 is 31.2 Å². The summed E-state index contributed by atoms with van der Waals surface area (Å²) in [4.78, 5) is 39.3. The number of hydrogen-bond donors (Lipinski definition) is 3. The first-order valence-electron chi connectivity index (χ1n) is 13.6. The molecule has 1 saturated heterocycles. The Morgan fingerprint density at radius 2 is 1.80 bits per heavy atom. The Morgan fingerprint density at radius 3 is 2.46 bits per heavy atom. The van der Waals surface area contributed by atoms with Crippen molar-refractivity contribution in [3.05, 3.63) is 65.2 Å². The average Bonchev–Trinajstić information content (AvgIpc) is 3.26. The van der Waals surface area contributed by atoms with Gasteiger partial charge in [0.05, 0.1) is 12.7 Å². The predicted octanol–water partition coefficient (Wildman–Crippen LogP) is 3.82. The first-order chi connectivity index (χ1) is 19.5. The van der Waals surface area contributed by atoms with E-state index in [0.717, 1.165) is 18.4 Å². The number of rotatable bonds is 8. The summed E-state index contributed by atoms with van der Waals surface area (Å²) in [7, 11) is 1.52. The summed E-state index contributed by atoms with van der Waals surface area (Å²) in [6.45, 7) is 7.38. The number of methoxy groups -OCH3 is 1. The van der Waals surface area contributed by atoms with E-state index < -0.39 is 11.5 Å². The number of ether oxygens (including phenoxy) is 2. The van der Waals surface area contributed by atoms with Crippen molar-refractivity contribution in [2.45, 2.75) is 52.3 Å². The maximum atomic E-state index is 12.6. The van der Waals surface area contributed by atoms with Crippen LogP contribution in [0.3, 0.4) is 0 Å². The number of aromatic nitrogens is 2. The van der Waals surface area contributed by atoms with Crippen molar-refractivity contribution in [1.29, 1.82) is 0 Å². The highest BCUT2D eigenvalue weighted by Gasteiger charge is 2.29. The summed E-state index contributed by atoms with van der Waals surface area (Å²) in [6.07, 6.45) is 1.37. The maximum Gasteiger partial charge on any atom is 0.410 e. The van der Waals surface area contributed by atoms with Gasteiger partial charge in [0.15, 0.2) is 0 Å². The minimum Gasteiger partial charge on any atom is -0.496 e. The van der Waals surface area contributed by atoms with Crippen molar-refractivity contribution >= 4 is 23.7 Å². The SMILES string of the molecule is COc1ccccc1C(=O)NCc1ccc(-c2nn(C[C@@H]3CCCN(C(=O)OC(C)(C)C)C3)c(N)c2C(N)=O)cc1. The van der Waals surface area contributed by atoms with Gasteiger partial charge in [0.25, 0.3) is 11.8 Å². The smallest absolute Gasteiger partial charge is 0.410 e. The number of amides is 3. The molecule has 3 amide bonds. The first-order valence-corrected chi connectivity index (χ1v) is 13.6. The van der Waals surface area contributed by atoms with E-state index in [1.165, 1.54) is 7.11 Å². The molecule has 1 aliphatic heterocycles. The number of piperidine rings is 1. The number of benzene rings is 2. The second-order valence-electron chi connectivity index (χ2n) is 11.2. The lowest BCUT2D eigenvalue weighted by molar-refractivity contribution is 0.0155. The average molecular weight is 563 g/mol. The Balaban J connectivity index is 1.46. The van der Waals surface area contributed by atoms with E-state index in [4.69, 9.17) is 20.9 Å². The standard InChI is InChI=1S/C30H38N6O5/c1-30(2,3)41-29(39)35-15-7-8-20(17-35)18-36-26(31)24(27(32)37)25(34-36)21-13-11-19(12-14-21)16-33-28(38)22-9-5-6-10-23(22)40-4/h5-6,9-14,20H,7-8,15-18,31H2,1-4H3,(H2,32,37)(H,33,38)/t20-/m1/s1. The van der Waals surface area contributed by atoms with Crippen LogP contribution in [0.2, 0.25) is 0 Å². The van der Waals surface area contributed by atoms with Crippen molar-refractivity contribution in [3.8, 4) is 17.0 Å². The number of nitrogens with one attached hydrogen (secondary N) is 1. The van der Waals surface area contributed by atoms with E-state index in [1.807, 2.05) is 45.0 Å². The molecular weight excluding hydrogens is 524 g/mol. The number of likely N-dealkylation sites (tertiary alicyclic amines) is 1. The number of carbonyl (C=O) groups excluding carboxylic acids is 3. The monoisotopic (exact) mass is 562 g/mol. The van der Waals surface area contributed by atoms with Gasteiger partial charge >= 0.3 is 6.09 Å². The van der Waals surface area contributed by atoms with Crippen LogP contribution in [0, 0.1) is 5.92 Å². The second-order valence-corrected chi connectivity index (χ2v) is 11.2. The summed E-state index contributed by atoms with van der Waals surface area (Å²) in [5.41, 5.74) is 14.0. The molecule has 4 rings (SSSR count). The van der Waals surface area contributed by atoms with E-state index in [1.54, 1.807) is 33.8 Å². The summed E-state index contributed by atoms with van der Waals surface area (Å²) in [6, 6.07) is 14.3. The fourth-order valence-electron chi connectivity index (χ4n) is 4.90. The van der Waals surface area contributed by atoms with E-state index in [2.05, 4.69) is 10.4 Å². The van der Waals surface area contributed by atoms with Gasteiger partial charge in [-0.2, -0.15) is 5.10 Å². The molecule has 218 valence electrons. The highest BCUT2D eigenvalue weighted by molar-refractivity contribution is 6.03. The maximum absolute atomic E-state index is 12.6. The third kappa shape index (κ3) is 7.16. The molecule has 11 heteroatoms. The van der Waals surface area contributed by atoms with E-state index in [0.29, 0.717) is 48.7 Å². The Labute approximate surface area is 239 Å².